The van der Waals surface area contributed by atoms with Crippen LogP contribution < -0.4 is 21.3 Å². The van der Waals surface area contributed by atoms with Crippen molar-refractivity contribution in [1.82, 2.24) is 21.3 Å². The van der Waals surface area contributed by atoms with Crippen LogP contribution in [0.3, 0.4) is 0 Å². The van der Waals surface area contributed by atoms with Gasteiger partial charge in [-0.1, -0.05) is 74.5 Å². The van der Waals surface area contributed by atoms with Crippen molar-refractivity contribution >= 4 is 23.8 Å². The highest BCUT2D eigenvalue weighted by molar-refractivity contribution is 5.93. The Morgan fingerprint density at radius 2 is 1.24 bits per heavy atom. The van der Waals surface area contributed by atoms with Crippen LogP contribution in [0.1, 0.15) is 45.2 Å². The maximum absolute atomic E-state index is 12.8. The Bertz CT molecular complexity index is 1010. The molecule has 0 saturated heterocycles. The van der Waals surface area contributed by atoms with E-state index in [-0.39, 0.29) is 18.4 Å². The first-order chi connectivity index (χ1) is 17.7. The highest BCUT2D eigenvalue weighted by atomic mass is 16.5. The molecule has 0 fully saturated rings. The van der Waals surface area contributed by atoms with Gasteiger partial charge in [-0.15, -0.1) is 0 Å². The molecule has 0 spiro atoms. The molecule has 0 radical (unpaired) electrons. The molecule has 0 aliphatic carbocycles. The van der Waals surface area contributed by atoms with Crippen molar-refractivity contribution in [1.29, 1.82) is 0 Å². The van der Waals surface area contributed by atoms with Crippen molar-refractivity contribution in [2.45, 2.75) is 65.3 Å². The van der Waals surface area contributed by atoms with Gasteiger partial charge in [0.25, 0.3) is 0 Å². The second kappa shape index (κ2) is 15.3. The Labute approximate surface area is 218 Å². The van der Waals surface area contributed by atoms with Crippen LogP contribution in [-0.2, 0) is 32.1 Å². The summed E-state index contributed by atoms with van der Waals surface area (Å²) in [6.45, 7) is 7.46. The standard InChI is InChI=1S/C28H38N4O5/c1-19(2)17-24(27(35)29-16-15-22-11-7-5-8-12-22)32-26(34)20(3)30-25(33)21(4)31-28(36)37-18-23-13-9-6-10-14-23/h5-14,19-21,24H,15-18H2,1-4H3,(H,29,35)(H,30,33)(H,31,36)(H,32,34). The summed E-state index contributed by atoms with van der Waals surface area (Å²) < 4.78 is 5.12. The first-order valence-electron chi connectivity index (χ1n) is 12.5. The van der Waals surface area contributed by atoms with Crippen molar-refractivity contribution in [3.63, 3.8) is 0 Å². The molecule has 3 unspecified atom stereocenters. The minimum atomic E-state index is -0.925. The average Bonchev–Trinajstić information content (AvgIpc) is 2.87. The zero-order valence-corrected chi connectivity index (χ0v) is 22.0. The fourth-order valence-corrected chi connectivity index (χ4v) is 3.51. The molecule has 9 heteroatoms. The molecule has 4 N–H and O–H groups in total. The quantitative estimate of drug-likeness (QED) is 0.330. The number of carbonyl (C=O) groups excluding carboxylic acids is 4. The summed E-state index contributed by atoms with van der Waals surface area (Å²) in [4.78, 5) is 50.0. The van der Waals surface area contributed by atoms with Crippen LogP contribution >= 0.6 is 0 Å². The fraction of sp³-hybridized carbons (Fsp3) is 0.429. The van der Waals surface area contributed by atoms with Crippen LogP contribution in [-0.4, -0.2) is 48.5 Å². The van der Waals surface area contributed by atoms with Crippen molar-refractivity contribution in [2.75, 3.05) is 6.54 Å². The number of rotatable bonds is 13. The van der Waals surface area contributed by atoms with Gasteiger partial charge in [0, 0.05) is 6.54 Å². The van der Waals surface area contributed by atoms with E-state index in [4.69, 9.17) is 4.74 Å². The summed E-state index contributed by atoms with van der Waals surface area (Å²) in [5.74, 6) is -1.14. The van der Waals surface area contributed by atoms with Gasteiger partial charge < -0.3 is 26.0 Å². The molecule has 9 nitrogen and oxygen atoms in total. The lowest BCUT2D eigenvalue weighted by atomic mass is 10.0. The van der Waals surface area contributed by atoms with E-state index >= 15 is 0 Å². The van der Waals surface area contributed by atoms with Crippen LogP contribution in [0.25, 0.3) is 0 Å². The van der Waals surface area contributed by atoms with Gasteiger partial charge in [-0.3, -0.25) is 14.4 Å². The number of benzene rings is 2. The number of carbonyl (C=O) groups is 4. The molecule has 0 heterocycles. The molecule has 2 aromatic rings. The maximum atomic E-state index is 12.8. The smallest absolute Gasteiger partial charge is 0.408 e. The van der Waals surface area contributed by atoms with Gasteiger partial charge in [-0.05, 0) is 43.7 Å². The Balaban J connectivity index is 1.80. The van der Waals surface area contributed by atoms with Crippen LogP contribution in [0.4, 0.5) is 4.79 Å². The third-order valence-corrected chi connectivity index (χ3v) is 5.59. The van der Waals surface area contributed by atoms with Crippen LogP contribution in [0.5, 0.6) is 0 Å². The summed E-state index contributed by atoms with van der Waals surface area (Å²) >= 11 is 0. The van der Waals surface area contributed by atoms with E-state index in [1.54, 1.807) is 0 Å². The summed E-state index contributed by atoms with van der Waals surface area (Å²) in [5, 5.41) is 10.6. The number of nitrogens with one attached hydrogen (secondary N) is 4. The third kappa shape index (κ3) is 11.2. The minimum Gasteiger partial charge on any atom is -0.445 e. The Morgan fingerprint density at radius 1 is 0.703 bits per heavy atom. The number of ether oxygens (including phenoxy) is 1. The lowest BCUT2D eigenvalue weighted by molar-refractivity contribution is -0.132. The monoisotopic (exact) mass is 510 g/mol. The molecule has 200 valence electrons. The Morgan fingerprint density at radius 3 is 1.84 bits per heavy atom. The number of alkyl carbamates (subject to hydrolysis) is 1. The molecule has 37 heavy (non-hydrogen) atoms. The van der Waals surface area contributed by atoms with Crippen LogP contribution in [0.15, 0.2) is 60.7 Å². The summed E-state index contributed by atoms with van der Waals surface area (Å²) in [5.41, 5.74) is 1.93. The molecule has 3 atom stereocenters. The predicted molar refractivity (Wildman–Crippen MR) is 141 cm³/mol. The zero-order valence-electron chi connectivity index (χ0n) is 22.0. The second-order valence-corrected chi connectivity index (χ2v) is 9.38. The summed E-state index contributed by atoms with van der Waals surface area (Å²) in [7, 11) is 0. The van der Waals surface area contributed by atoms with Crippen molar-refractivity contribution in [2.24, 2.45) is 5.92 Å². The molecule has 2 aromatic carbocycles. The van der Waals surface area contributed by atoms with Gasteiger partial charge in [-0.2, -0.15) is 0 Å². The second-order valence-electron chi connectivity index (χ2n) is 9.38. The Hall–Kier alpha value is -3.88. The molecule has 0 aliphatic rings. The van der Waals surface area contributed by atoms with E-state index < -0.39 is 36.0 Å². The first kappa shape index (κ1) is 29.4. The highest BCUT2D eigenvalue weighted by Gasteiger charge is 2.26. The Kier molecular flexibility index (Phi) is 12.1. The molecule has 0 bridgehead atoms. The zero-order chi connectivity index (χ0) is 27.2. The topological polar surface area (TPSA) is 126 Å². The van der Waals surface area contributed by atoms with E-state index in [1.807, 2.05) is 74.5 Å². The van der Waals surface area contributed by atoms with Gasteiger partial charge in [-0.25, -0.2) is 4.79 Å². The van der Waals surface area contributed by atoms with E-state index in [0.29, 0.717) is 19.4 Å². The lowest BCUT2D eigenvalue weighted by Gasteiger charge is -2.23. The molecule has 4 amide bonds. The third-order valence-electron chi connectivity index (χ3n) is 5.59. The molecule has 2 rings (SSSR count). The predicted octanol–water partition coefficient (Wildman–Crippen LogP) is 2.70. The molecular weight excluding hydrogens is 472 g/mol. The minimum absolute atomic E-state index is 0.0739. The van der Waals surface area contributed by atoms with E-state index in [0.717, 1.165) is 11.1 Å². The van der Waals surface area contributed by atoms with Gasteiger partial charge in [0.1, 0.15) is 24.7 Å². The van der Waals surface area contributed by atoms with E-state index in [9.17, 15) is 19.2 Å². The van der Waals surface area contributed by atoms with E-state index in [2.05, 4.69) is 21.3 Å². The van der Waals surface area contributed by atoms with Gasteiger partial charge in [0.15, 0.2) is 0 Å². The van der Waals surface area contributed by atoms with Crippen molar-refractivity contribution in [3.05, 3.63) is 71.8 Å². The number of amides is 4. The fourth-order valence-electron chi connectivity index (χ4n) is 3.51. The summed E-state index contributed by atoms with van der Waals surface area (Å²) in [6.07, 6.45) is 0.391. The maximum Gasteiger partial charge on any atom is 0.408 e. The average molecular weight is 511 g/mol. The normalized spacial score (nSPS) is 13.1. The van der Waals surface area contributed by atoms with Crippen LogP contribution in [0.2, 0.25) is 0 Å². The lowest BCUT2D eigenvalue weighted by Crippen LogP contribution is -2.55. The molecule has 0 aromatic heterocycles. The SMILES string of the molecule is CC(C)CC(NC(=O)C(C)NC(=O)C(C)NC(=O)OCc1ccccc1)C(=O)NCCc1ccccc1. The van der Waals surface area contributed by atoms with E-state index in [1.165, 1.54) is 13.8 Å². The van der Waals surface area contributed by atoms with Gasteiger partial charge in [0.2, 0.25) is 17.7 Å². The largest absolute Gasteiger partial charge is 0.445 e. The molecule has 0 saturated carbocycles. The molecular formula is C28H38N4O5. The highest BCUT2D eigenvalue weighted by Crippen LogP contribution is 2.06. The number of hydrogen-bond acceptors (Lipinski definition) is 5. The van der Waals surface area contributed by atoms with Gasteiger partial charge >= 0.3 is 6.09 Å². The first-order valence-corrected chi connectivity index (χ1v) is 12.5. The van der Waals surface area contributed by atoms with Crippen molar-refractivity contribution < 1.29 is 23.9 Å². The number of hydrogen-bond donors (Lipinski definition) is 4. The summed E-state index contributed by atoms with van der Waals surface area (Å²) in [6, 6.07) is 16.4. The molecule has 0 aliphatic heterocycles. The van der Waals surface area contributed by atoms with Crippen LogP contribution in [0, 0.1) is 5.92 Å². The van der Waals surface area contributed by atoms with Crippen molar-refractivity contribution in [3.8, 4) is 0 Å². The van der Waals surface area contributed by atoms with Gasteiger partial charge in [0.05, 0.1) is 0 Å².